The second-order valence-electron chi connectivity index (χ2n) is 3.32. The van der Waals surface area contributed by atoms with Crippen molar-refractivity contribution in [3.05, 3.63) is 29.9 Å². The van der Waals surface area contributed by atoms with Crippen LogP contribution in [0.5, 0.6) is 0 Å². The van der Waals surface area contributed by atoms with Gasteiger partial charge in [0.1, 0.15) is 0 Å². The van der Waals surface area contributed by atoms with Crippen molar-refractivity contribution in [2.75, 3.05) is 5.73 Å². The molecule has 0 bridgehead atoms. The summed E-state index contributed by atoms with van der Waals surface area (Å²) in [7, 11) is 0. The van der Waals surface area contributed by atoms with Gasteiger partial charge >= 0.3 is 0 Å². The van der Waals surface area contributed by atoms with Crippen LogP contribution in [0.2, 0.25) is 0 Å². The fourth-order valence-corrected chi connectivity index (χ4v) is 2.41. The van der Waals surface area contributed by atoms with Gasteiger partial charge in [0.15, 0.2) is 5.82 Å². The Hall–Kier alpha value is -2.08. The average Bonchev–Trinajstić information content (AvgIpc) is 2.96. The molecule has 3 aromatic heterocycles. The lowest BCUT2D eigenvalue weighted by molar-refractivity contribution is 1.09. The molecule has 16 heavy (non-hydrogen) atoms. The molecule has 5 nitrogen and oxygen atoms in total. The first kappa shape index (κ1) is 9.17. The van der Waals surface area contributed by atoms with Gasteiger partial charge in [0.05, 0.1) is 17.5 Å². The molecule has 0 aliphatic carbocycles. The molecule has 6 heteroatoms. The van der Waals surface area contributed by atoms with Gasteiger partial charge in [-0.1, -0.05) is 6.07 Å². The van der Waals surface area contributed by atoms with Crippen molar-refractivity contribution in [2.45, 2.75) is 0 Å². The summed E-state index contributed by atoms with van der Waals surface area (Å²) in [6.45, 7) is 0. The summed E-state index contributed by atoms with van der Waals surface area (Å²) in [6, 6.07) is 4.01. The number of hydrogen-bond acceptors (Lipinski definition) is 4. The minimum absolute atomic E-state index is 0.513. The van der Waals surface area contributed by atoms with Gasteiger partial charge in [-0.15, -0.1) is 11.3 Å². The van der Waals surface area contributed by atoms with E-state index in [1.165, 1.54) is 0 Å². The molecule has 0 radical (unpaired) electrons. The summed E-state index contributed by atoms with van der Waals surface area (Å²) in [6.07, 6.45) is 3.55. The number of nitrogen functional groups attached to an aromatic ring is 1. The molecule has 0 aliphatic rings. The quantitative estimate of drug-likeness (QED) is 0.631. The number of rotatable bonds is 2. The van der Waals surface area contributed by atoms with Crippen LogP contribution in [-0.4, -0.2) is 20.4 Å². The number of nitrogens with one attached hydrogen (secondary N) is 2. The molecule has 80 valence electrons. The lowest BCUT2D eigenvalue weighted by Gasteiger charge is -1.98. The van der Waals surface area contributed by atoms with E-state index in [0.717, 1.165) is 21.7 Å². The van der Waals surface area contributed by atoms with Crippen molar-refractivity contribution in [1.29, 1.82) is 0 Å². The first-order chi connectivity index (χ1) is 7.86. The topological polar surface area (TPSA) is 83.4 Å². The molecule has 3 rings (SSSR count). The number of nitrogens with two attached hydrogens (primary N) is 1. The van der Waals surface area contributed by atoms with E-state index in [1.54, 1.807) is 17.5 Å². The first-order valence-corrected chi connectivity index (χ1v) is 5.61. The van der Waals surface area contributed by atoms with E-state index in [4.69, 9.17) is 5.73 Å². The number of aromatic nitrogens is 4. The van der Waals surface area contributed by atoms with Crippen LogP contribution in [0, 0.1) is 0 Å². The Morgan fingerprint density at radius 3 is 3.00 bits per heavy atom. The third-order valence-electron chi connectivity index (χ3n) is 2.35. The van der Waals surface area contributed by atoms with Crippen molar-refractivity contribution in [2.24, 2.45) is 0 Å². The second-order valence-corrected chi connectivity index (χ2v) is 4.27. The van der Waals surface area contributed by atoms with E-state index in [1.807, 2.05) is 23.7 Å². The number of nitrogens with zero attached hydrogens (tertiary/aromatic N) is 2. The minimum atomic E-state index is 0.513. The van der Waals surface area contributed by atoms with Crippen molar-refractivity contribution in [3.8, 4) is 21.7 Å². The number of hydrogen-bond donors (Lipinski definition) is 3. The molecule has 0 amide bonds. The summed E-state index contributed by atoms with van der Waals surface area (Å²) in [5, 5.41) is 15.7. The number of thiophene rings is 1. The highest BCUT2D eigenvalue weighted by Crippen LogP contribution is 2.36. The normalized spacial score (nSPS) is 10.8. The molecular weight excluding hydrogens is 222 g/mol. The molecule has 0 spiro atoms. The summed E-state index contributed by atoms with van der Waals surface area (Å²) in [5.41, 5.74) is 8.66. The van der Waals surface area contributed by atoms with Crippen molar-refractivity contribution >= 4 is 17.2 Å². The lowest BCUT2D eigenvalue weighted by atomic mass is 10.1. The van der Waals surface area contributed by atoms with E-state index in [9.17, 15) is 0 Å². The molecule has 4 N–H and O–H groups in total. The van der Waals surface area contributed by atoms with E-state index in [0.29, 0.717) is 5.82 Å². The zero-order chi connectivity index (χ0) is 11.0. The Morgan fingerprint density at radius 1 is 1.38 bits per heavy atom. The van der Waals surface area contributed by atoms with Gasteiger partial charge in [-0.25, -0.2) is 0 Å². The first-order valence-electron chi connectivity index (χ1n) is 4.73. The average molecular weight is 231 g/mol. The summed E-state index contributed by atoms with van der Waals surface area (Å²) in [4.78, 5) is 1.10. The molecule has 0 saturated carbocycles. The molecule has 3 aromatic rings. The maximum atomic E-state index is 5.87. The van der Waals surface area contributed by atoms with Crippen molar-refractivity contribution in [1.82, 2.24) is 20.4 Å². The summed E-state index contributed by atoms with van der Waals surface area (Å²) in [5.74, 6) is 0.513. The molecule has 3 heterocycles. The number of aromatic amines is 2. The third-order valence-corrected chi connectivity index (χ3v) is 3.24. The molecule has 0 fully saturated rings. The van der Waals surface area contributed by atoms with Gasteiger partial charge in [-0.3, -0.25) is 10.2 Å². The minimum Gasteiger partial charge on any atom is -0.382 e. The molecule has 0 unspecified atom stereocenters. The predicted molar refractivity (Wildman–Crippen MR) is 63.9 cm³/mol. The Morgan fingerprint density at radius 2 is 2.31 bits per heavy atom. The van der Waals surface area contributed by atoms with Gasteiger partial charge in [-0.05, 0) is 11.4 Å². The smallest absolute Gasteiger partial charge is 0.154 e. The van der Waals surface area contributed by atoms with E-state index >= 15 is 0 Å². The number of anilines is 1. The zero-order valence-electron chi connectivity index (χ0n) is 8.27. The van der Waals surface area contributed by atoms with Crippen LogP contribution in [0.1, 0.15) is 0 Å². The van der Waals surface area contributed by atoms with Crippen LogP contribution in [-0.2, 0) is 0 Å². The molecule has 0 saturated heterocycles. The Balaban J connectivity index is 2.21. The summed E-state index contributed by atoms with van der Waals surface area (Å²) >= 11 is 1.64. The van der Waals surface area contributed by atoms with Gasteiger partial charge in [-0.2, -0.15) is 10.2 Å². The molecular formula is C10H9N5S. The molecule has 0 aliphatic heterocycles. The fraction of sp³-hybridized carbons (Fsp3) is 0. The van der Waals surface area contributed by atoms with Crippen LogP contribution in [0.15, 0.2) is 29.9 Å². The Labute approximate surface area is 95.3 Å². The second kappa shape index (κ2) is 3.49. The van der Waals surface area contributed by atoms with Gasteiger partial charge in [0.25, 0.3) is 0 Å². The highest BCUT2D eigenvalue weighted by Gasteiger charge is 2.15. The fourth-order valence-electron chi connectivity index (χ4n) is 1.62. The third kappa shape index (κ3) is 1.31. The molecule has 0 aromatic carbocycles. The van der Waals surface area contributed by atoms with Crippen LogP contribution in [0.4, 0.5) is 5.82 Å². The summed E-state index contributed by atoms with van der Waals surface area (Å²) < 4.78 is 0. The van der Waals surface area contributed by atoms with E-state index in [2.05, 4.69) is 20.4 Å². The highest BCUT2D eigenvalue weighted by molar-refractivity contribution is 7.13. The SMILES string of the molecule is Nc1n[nH]c(-c2cn[nH]c2)c1-c1cccs1. The lowest BCUT2D eigenvalue weighted by Crippen LogP contribution is -1.86. The Bertz CT molecular complexity index is 579. The maximum Gasteiger partial charge on any atom is 0.154 e. The van der Waals surface area contributed by atoms with Crippen molar-refractivity contribution in [3.63, 3.8) is 0 Å². The standard InChI is InChI=1S/C10H9N5S/c11-10-8(7-2-1-3-16-7)9(14-15-10)6-4-12-13-5-6/h1-5H,(H,12,13)(H3,11,14,15). The van der Waals surface area contributed by atoms with E-state index in [-0.39, 0.29) is 0 Å². The van der Waals surface area contributed by atoms with Crippen molar-refractivity contribution < 1.29 is 0 Å². The van der Waals surface area contributed by atoms with Crippen LogP contribution in [0.3, 0.4) is 0 Å². The van der Waals surface area contributed by atoms with Crippen LogP contribution >= 0.6 is 11.3 Å². The largest absolute Gasteiger partial charge is 0.382 e. The van der Waals surface area contributed by atoms with Gasteiger partial charge in [0, 0.05) is 16.6 Å². The van der Waals surface area contributed by atoms with Gasteiger partial charge < -0.3 is 5.73 Å². The molecule has 0 atom stereocenters. The van der Waals surface area contributed by atoms with Crippen LogP contribution in [0.25, 0.3) is 21.7 Å². The highest BCUT2D eigenvalue weighted by atomic mass is 32.1. The Kier molecular flexibility index (Phi) is 2.00. The zero-order valence-corrected chi connectivity index (χ0v) is 9.08. The number of H-pyrrole nitrogens is 2. The monoisotopic (exact) mass is 231 g/mol. The van der Waals surface area contributed by atoms with Gasteiger partial charge in [0.2, 0.25) is 0 Å². The predicted octanol–water partition coefficient (Wildman–Crippen LogP) is 2.11. The van der Waals surface area contributed by atoms with Crippen LogP contribution < -0.4 is 5.73 Å². The van der Waals surface area contributed by atoms with E-state index < -0.39 is 0 Å². The maximum absolute atomic E-state index is 5.87.